The third kappa shape index (κ3) is 1.88. The molecule has 14 heavy (non-hydrogen) atoms. The highest BCUT2D eigenvalue weighted by Crippen LogP contribution is 2.23. The Morgan fingerprint density at radius 3 is 2.86 bits per heavy atom. The molecule has 0 bridgehead atoms. The van der Waals surface area contributed by atoms with Crippen molar-refractivity contribution in [2.45, 2.75) is 0 Å². The molecule has 0 atom stereocenters. The van der Waals surface area contributed by atoms with Gasteiger partial charge in [0, 0.05) is 13.1 Å². The number of aromatic nitrogens is 2. The second-order valence-electron chi connectivity index (χ2n) is 3.00. The zero-order chi connectivity index (χ0) is 9.97. The first kappa shape index (κ1) is 9.48. The molecule has 0 aliphatic carbocycles. The van der Waals surface area contributed by atoms with Gasteiger partial charge in [0.2, 0.25) is 5.95 Å². The molecule has 2 rings (SSSR count). The number of halogens is 1. The number of nitrogens with zero attached hydrogens (tertiary/aromatic N) is 3. The lowest BCUT2D eigenvalue weighted by molar-refractivity contribution is 0.122. The van der Waals surface area contributed by atoms with Crippen molar-refractivity contribution < 1.29 is 4.74 Å². The molecule has 6 heteroatoms. The Balaban J connectivity index is 2.24. The third-order valence-corrected chi connectivity index (χ3v) is 2.32. The van der Waals surface area contributed by atoms with Crippen LogP contribution in [0.5, 0.6) is 0 Å². The summed E-state index contributed by atoms with van der Waals surface area (Å²) in [6.45, 7) is 2.97. The summed E-state index contributed by atoms with van der Waals surface area (Å²) in [4.78, 5) is 9.96. The second-order valence-corrected chi connectivity index (χ2v) is 3.41. The Morgan fingerprint density at radius 2 is 2.14 bits per heavy atom. The average molecular weight is 215 g/mol. The number of anilines is 2. The molecule has 76 valence electrons. The van der Waals surface area contributed by atoms with Crippen molar-refractivity contribution in [3.63, 3.8) is 0 Å². The van der Waals surface area contributed by atoms with Crippen molar-refractivity contribution in [2.24, 2.45) is 0 Å². The molecule has 0 saturated carbocycles. The average Bonchev–Trinajstić information content (AvgIpc) is 2.23. The smallest absolute Gasteiger partial charge is 0.222 e. The van der Waals surface area contributed by atoms with Gasteiger partial charge in [0.1, 0.15) is 5.02 Å². The minimum absolute atomic E-state index is 0.246. The number of ether oxygens (including phenoxy) is 1. The Labute approximate surface area is 86.8 Å². The number of nitrogens with two attached hydrogens (primary N) is 1. The molecular weight excluding hydrogens is 204 g/mol. The van der Waals surface area contributed by atoms with Crippen LogP contribution in [-0.2, 0) is 4.74 Å². The molecule has 1 fully saturated rings. The van der Waals surface area contributed by atoms with Gasteiger partial charge in [-0.25, -0.2) is 4.98 Å². The highest BCUT2D eigenvalue weighted by atomic mass is 35.5. The van der Waals surface area contributed by atoms with Crippen LogP contribution in [0.15, 0.2) is 6.20 Å². The van der Waals surface area contributed by atoms with Gasteiger partial charge in [0.05, 0.1) is 19.4 Å². The van der Waals surface area contributed by atoms with Crippen molar-refractivity contribution in [3.05, 3.63) is 11.2 Å². The fourth-order valence-corrected chi connectivity index (χ4v) is 1.58. The number of hydrogen-bond acceptors (Lipinski definition) is 5. The van der Waals surface area contributed by atoms with Crippen LogP contribution in [-0.4, -0.2) is 36.3 Å². The molecule has 0 aromatic carbocycles. The summed E-state index contributed by atoms with van der Waals surface area (Å²) < 4.78 is 5.23. The lowest BCUT2D eigenvalue weighted by Crippen LogP contribution is -2.37. The fraction of sp³-hybridized carbons (Fsp3) is 0.500. The molecule has 0 amide bonds. The molecule has 0 spiro atoms. The third-order valence-electron chi connectivity index (χ3n) is 2.05. The first-order chi connectivity index (χ1) is 6.77. The second kappa shape index (κ2) is 3.98. The first-order valence-corrected chi connectivity index (χ1v) is 4.76. The molecule has 1 aromatic heterocycles. The van der Waals surface area contributed by atoms with Crippen LogP contribution in [0.1, 0.15) is 0 Å². The summed E-state index contributed by atoms with van der Waals surface area (Å²) in [7, 11) is 0. The Kier molecular flexibility index (Phi) is 2.69. The number of hydrogen-bond donors (Lipinski definition) is 1. The van der Waals surface area contributed by atoms with Crippen LogP contribution in [0.2, 0.25) is 5.02 Å². The molecule has 0 unspecified atom stereocenters. The van der Waals surface area contributed by atoms with Crippen molar-refractivity contribution in [2.75, 3.05) is 36.9 Å². The molecule has 2 N–H and O–H groups in total. The zero-order valence-corrected chi connectivity index (χ0v) is 8.37. The zero-order valence-electron chi connectivity index (χ0n) is 7.61. The van der Waals surface area contributed by atoms with Gasteiger partial charge in [0.15, 0.2) is 5.82 Å². The van der Waals surface area contributed by atoms with E-state index in [4.69, 9.17) is 22.1 Å². The summed E-state index contributed by atoms with van der Waals surface area (Å²) >= 11 is 5.97. The first-order valence-electron chi connectivity index (χ1n) is 4.38. The highest BCUT2D eigenvalue weighted by molar-refractivity contribution is 6.32. The molecular formula is C8H11ClN4O. The maximum absolute atomic E-state index is 5.97. The van der Waals surface area contributed by atoms with Crippen LogP contribution in [0.25, 0.3) is 0 Å². The fourth-order valence-electron chi connectivity index (χ4n) is 1.37. The van der Waals surface area contributed by atoms with E-state index in [1.54, 1.807) is 0 Å². The lowest BCUT2D eigenvalue weighted by atomic mass is 10.4. The van der Waals surface area contributed by atoms with Gasteiger partial charge >= 0.3 is 0 Å². The van der Waals surface area contributed by atoms with E-state index in [1.807, 2.05) is 4.90 Å². The quantitative estimate of drug-likeness (QED) is 0.740. The normalized spacial score (nSPS) is 17.1. The molecule has 0 radical (unpaired) electrons. The topological polar surface area (TPSA) is 64.3 Å². The number of nitrogen functional groups attached to an aromatic ring is 1. The predicted octanol–water partition coefficient (Wildman–Crippen LogP) is 0.549. The Morgan fingerprint density at radius 1 is 1.43 bits per heavy atom. The molecule has 1 aliphatic rings. The highest BCUT2D eigenvalue weighted by Gasteiger charge is 2.15. The SMILES string of the molecule is Nc1ncc(Cl)c(N2CCOCC2)n1. The maximum Gasteiger partial charge on any atom is 0.222 e. The van der Waals surface area contributed by atoms with Crippen LogP contribution < -0.4 is 10.6 Å². The van der Waals surface area contributed by atoms with E-state index in [9.17, 15) is 0 Å². The van der Waals surface area contributed by atoms with E-state index >= 15 is 0 Å². The van der Waals surface area contributed by atoms with Crippen molar-refractivity contribution in [3.8, 4) is 0 Å². The minimum atomic E-state index is 0.246. The van der Waals surface area contributed by atoms with E-state index in [2.05, 4.69) is 9.97 Å². The van der Waals surface area contributed by atoms with Gasteiger partial charge in [-0.2, -0.15) is 4.98 Å². The largest absolute Gasteiger partial charge is 0.378 e. The van der Waals surface area contributed by atoms with Crippen LogP contribution >= 0.6 is 11.6 Å². The summed E-state index contributed by atoms with van der Waals surface area (Å²) in [5, 5.41) is 0.529. The molecule has 2 heterocycles. The minimum Gasteiger partial charge on any atom is -0.378 e. The van der Waals surface area contributed by atoms with Gasteiger partial charge in [0.25, 0.3) is 0 Å². The van der Waals surface area contributed by atoms with E-state index in [0.29, 0.717) is 24.1 Å². The van der Waals surface area contributed by atoms with Gasteiger partial charge < -0.3 is 15.4 Å². The molecule has 1 aliphatic heterocycles. The predicted molar refractivity (Wildman–Crippen MR) is 54.5 cm³/mol. The summed E-state index contributed by atoms with van der Waals surface area (Å²) in [5.74, 6) is 0.943. The standard InChI is InChI=1S/C8H11ClN4O/c9-6-5-11-8(10)12-7(6)13-1-3-14-4-2-13/h5H,1-4H2,(H2,10,11,12). The summed E-state index contributed by atoms with van der Waals surface area (Å²) in [6.07, 6.45) is 1.52. The van der Waals surface area contributed by atoms with Crippen molar-refractivity contribution in [1.82, 2.24) is 9.97 Å². The summed E-state index contributed by atoms with van der Waals surface area (Å²) in [5.41, 5.74) is 5.50. The Bertz CT molecular complexity index is 327. The van der Waals surface area contributed by atoms with Gasteiger partial charge in [-0.05, 0) is 0 Å². The van der Waals surface area contributed by atoms with E-state index < -0.39 is 0 Å². The summed E-state index contributed by atoms with van der Waals surface area (Å²) in [6, 6.07) is 0. The van der Waals surface area contributed by atoms with E-state index in [0.717, 1.165) is 13.1 Å². The van der Waals surface area contributed by atoms with Gasteiger partial charge in [-0.1, -0.05) is 11.6 Å². The van der Waals surface area contributed by atoms with E-state index in [1.165, 1.54) is 6.20 Å². The van der Waals surface area contributed by atoms with Crippen molar-refractivity contribution >= 4 is 23.4 Å². The van der Waals surface area contributed by atoms with Crippen LogP contribution in [0.3, 0.4) is 0 Å². The number of rotatable bonds is 1. The van der Waals surface area contributed by atoms with Gasteiger partial charge in [-0.15, -0.1) is 0 Å². The molecule has 1 aromatic rings. The van der Waals surface area contributed by atoms with Crippen LogP contribution in [0.4, 0.5) is 11.8 Å². The van der Waals surface area contributed by atoms with E-state index in [-0.39, 0.29) is 5.95 Å². The number of morpholine rings is 1. The monoisotopic (exact) mass is 214 g/mol. The van der Waals surface area contributed by atoms with Crippen LogP contribution in [0, 0.1) is 0 Å². The maximum atomic E-state index is 5.97. The lowest BCUT2D eigenvalue weighted by Gasteiger charge is -2.28. The van der Waals surface area contributed by atoms with Gasteiger partial charge in [-0.3, -0.25) is 0 Å². The van der Waals surface area contributed by atoms with Crippen molar-refractivity contribution in [1.29, 1.82) is 0 Å². The Hall–Kier alpha value is -1.07. The molecule has 5 nitrogen and oxygen atoms in total. The molecule has 1 saturated heterocycles.